The minimum atomic E-state index is -0.382. The summed E-state index contributed by atoms with van der Waals surface area (Å²) in [5, 5.41) is 9.97. The molecule has 4 rings (SSSR count). The first-order chi connectivity index (χ1) is 16.0. The van der Waals surface area contributed by atoms with Crippen LogP contribution in [-0.2, 0) is 0 Å². The van der Waals surface area contributed by atoms with Crippen LogP contribution in [0.25, 0.3) is 5.69 Å². The van der Waals surface area contributed by atoms with Crippen LogP contribution in [0.3, 0.4) is 0 Å². The van der Waals surface area contributed by atoms with Crippen molar-refractivity contribution >= 4 is 29.1 Å². The average molecular weight is 480 g/mol. The van der Waals surface area contributed by atoms with Gasteiger partial charge >= 0.3 is 0 Å². The second-order valence-corrected chi connectivity index (χ2v) is 8.55. The monoisotopic (exact) mass is 479 g/mol. The van der Waals surface area contributed by atoms with E-state index < -0.39 is 0 Å². The third kappa shape index (κ3) is 5.56. The molecule has 0 aliphatic carbocycles. The summed E-state index contributed by atoms with van der Waals surface area (Å²) in [6.07, 6.45) is -0.382. The molecule has 0 N–H and O–H groups in total. The topological polar surface area (TPSA) is 66.2 Å². The number of carbonyl (C=O) groups excluding carboxylic acids is 1. The zero-order valence-corrected chi connectivity index (χ0v) is 19.7. The number of hydrogen-bond acceptors (Lipinski definition) is 6. The van der Waals surface area contributed by atoms with Gasteiger partial charge in [-0.2, -0.15) is 0 Å². The standard InChI is InChI=1S/C25H22ClN3O3S/c1-17(32-22-14-12-21(31-2)13-15-22)24-27-28-25(29(24)20-6-4-3-5-7-20)33-16-23(30)18-8-10-19(26)11-9-18/h3-15,17H,16H2,1-2H3. The Morgan fingerprint density at radius 1 is 0.970 bits per heavy atom. The van der Waals surface area contributed by atoms with Crippen LogP contribution < -0.4 is 9.47 Å². The first kappa shape index (κ1) is 22.9. The largest absolute Gasteiger partial charge is 0.497 e. The molecule has 0 radical (unpaired) electrons. The molecule has 1 atom stereocenters. The van der Waals surface area contributed by atoms with E-state index in [1.807, 2.05) is 66.1 Å². The molecule has 0 bridgehead atoms. The molecule has 0 aliphatic heterocycles. The van der Waals surface area contributed by atoms with Gasteiger partial charge in [0.2, 0.25) is 0 Å². The van der Waals surface area contributed by atoms with Crippen molar-refractivity contribution in [2.45, 2.75) is 18.2 Å². The number of aromatic nitrogens is 3. The van der Waals surface area contributed by atoms with Gasteiger partial charge in [-0.15, -0.1) is 10.2 Å². The van der Waals surface area contributed by atoms with Gasteiger partial charge in [0.1, 0.15) is 11.5 Å². The van der Waals surface area contributed by atoms with Gasteiger partial charge < -0.3 is 9.47 Å². The van der Waals surface area contributed by atoms with Crippen LogP contribution in [0.4, 0.5) is 0 Å². The van der Waals surface area contributed by atoms with Gasteiger partial charge in [0, 0.05) is 16.3 Å². The number of ether oxygens (including phenoxy) is 2. The molecule has 0 amide bonds. The summed E-state index contributed by atoms with van der Waals surface area (Å²) in [7, 11) is 1.62. The normalized spacial score (nSPS) is 11.7. The molecule has 0 saturated heterocycles. The number of halogens is 1. The predicted molar refractivity (Wildman–Crippen MR) is 130 cm³/mol. The Hall–Kier alpha value is -3.29. The van der Waals surface area contributed by atoms with E-state index in [9.17, 15) is 4.79 Å². The van der Waals surface area contributed by atoms with Gasteiger partial charge in [0.05, 0.1) is 12.9 Å². The minimum Gasteiger partial charge on any atom is -0.497 e. The number of ketones is 1. The fourth-order valence-electron chi connectivity index (χ4n) is 3.22. The first-order valence-corrected chi connectivity index (χ1v) is 11.6. The van der Waals surface area contributed by atoms with Gasteiger partial charge in [-0.05, 0) is 67.6 Å². The van der Waals surface area contributed by atoms with E-state index in [0.717, 1.165) is 11.4 Å². The van der Waals surface area contributed by atoms with Gasteiger partial charge in [-0.25, -0.2) is 0 Å². The van der Waals surface area contributed by atoms with Crippen LogP contribution in [0, 0.1) is 0 Å². The van der Waals surface area contributed by atoms with Crippen molar-refractivity contribution < 1.29 is 14.3 Å². The fourth-order valence-corrected chi connectivity index (χ4v) is 4.20. The maximum Gasteiger partial charge on any atom is 0.196 e. The summed E-state index contributed by atoms with van der Waals surface area (Å²) in [5.74, 6) is 2.30. The molecule has 0 spiro atoms. The summed E-state index contributed by atoms with van der Waals surface area (Å²) in [5.41, 5.74) is 1.50. The predicted octanol–water partition coefficient (Wildman–Crippen LogP) is 6.04. The van der Waals surface area contributed by atoms with Crippen LogP contribution in [-0.4, -0.2) is 33.4 Å². The van der Waals surface area contributed by atoms with Crippen LogP contribution in [0.15, 0.2) is 84.0 Å². The molecule has 4 aromatic rings. The second kappa shape index (κ2) is 10.6. The summed E-state index contributed by atoms with van der Waals surface area (Å²) < 4.78 is 13.2. The average Bonchev–Trinajstić information content (AvgIpc) is 3.28. The molecule has 168 valence electrons. The lowest BCUT2D eigenvalue weighted by atomic mass is 10.1. The maximum absolute atomic E-state index is 12.7. The lowest BCUT2D eigenvalue weighted by Crippen LogP contribution is -2.12. The molecular weight excluding hydrogens is 458 g/mol. The Kier molecular flexibility index (Phi) is 7.32. The van der Waals surface area contributed by atoms with Gasteiger partial charge in [0.15, 0.2) is 22.9 Å². The molecule has 0 saturated carbocycles. The molecule has 1 heterocycles. The molecule has 1 aromatic heterocycles. The number of para-hydroxylation sites is 1. The van der Waals surface area contributed by atoms with Crippen molar-refractivity contribution in [3.8, 4) is 17.2 Å². The SMILES string of the molecule is COc1ccc(OC(C)c2nnc(SCC(=O)c3ccc(Cl)cc3)n2-c2ccccc2)cc1. The molecule has 33 heavy (non-hydrogen) atoms. The number of carbonyl (C=O) groups is 1. The summed E-state index contributed by atoms with van der Waals surface area (Å²) in [6.45, 7) is 1.92. The van der Waals surface area contributed by atoms with E-state index in [4.69, 9.17) is 21.1 Å². The maximum atomic E-state index is 12.7. The van der Waals surface area contributed by atoms with Crippen LogP contribution in [0.5, 0.6) is 11.5 Å². The van der Waals surface area contributed by atoms with Crippen molar-refractivity contribution in [3.63, 3.8) is 0 Å². The van der Waals surface area contributed by atoms with Gasteiger partial charge in [-0.3, -0.25) is 9.36 Å². The summed E-state index contributed by atoms with van der Waals surface area (Å²) in [6, 6.07) is 24.0. The molecule has 1 unspecified atom stereocenters. The van der Waals surface area contributed by atoms with E-state index in [1.165, 1.54) is 11.8 Å². The Morgan fingerprint density at radius 2 is 1.64 bits per heavy atom. The molecule has 6 nitrogen and oxygen atoms in total. The number of methoxy groups -OCH3 is 1. The van der Waals surface area contributed by atoms with Crippen LogP contribution in [0.1, 0.15) is 29.2 Å². The Morgan fingerprint density at radius 3 is 2.30 bits per heavy atom. The zero-order chi connectivity index (χ0) is 23.2. The molecular formula is C25H22ClN3O3S. The first-order valence-electron chi connectivity index (χ1n) is 10.3. The van der Waals surface area contributed by atoms with E-state index >= 15 is 0 Å². The lowest BCUT2D eigenvalue weighted by Gasteiger charge is -2.17. The molecule has 3 aromatic carbocycles. The van der Waals surface area contributed by atoms with Crippen molar-refractivity contribution in [1.82, 2.24) is 14.8 Å². The quantitative estimate of drug-likeness (QED) is 0.215. The van der Waals surface area contributed by atoms with E-state index in [1.54, 1.807) is 31.4 Å². The smallest absolute Gasteiger partial charge is 0.196 e. The number of nitrogens with zero attached hydrogens (tertiary/aromatic N) is 3. The number of Topliss-reactive ketones (excluding diaryl/α,β-unsaturated/α-hetero) is 1. The Balaban J connectivity index is 1.57. The van der Waals surface area contributed by atoms with Gasteiger partial charge in [-0.1, -0.05) is 41.6 Å². The third-order valence-electron chi connectivity index (χ3n) is 4.91. The lowest BCUT2D eigenvalue weighted by molar-refractivity contribution is 0.102. The third-order valence-corrected chi connectivity index (χ3v) is 6.09. The van der Waals surface area contributed by atoms with E-state index in [0.29, 0.717) is 27.3 Å². The zero-order valence-electron chi connectivity index (χ0n) is 18.1. The Labute approximate surface area is 201 Å². The summed E-state index contributed by atoms with van der Waals surface area (Å²) in [4.78, 5) is 12.7. The number of thioether (sulfide) groups is 1. The highest BCUT2D eigenvalue weighted by Crippen LogP contribution is 2.29. The van der Waals surface area contributed by atoms with Gasteiger partial charge in [0.25, 0.3) is 0 Å². The molecule has 0 aliphatic rings. The van der Waals surface area contributed by atoms with Crippen LogP contribution >= 0.6 is 23.4 Å². The fraction of sp³-hybridized carbons (Fsp3) is 0.160. The van der Waals surface area contributed by atoms with Crippen molar-refractivity contribution in [2.75, 3.05) is 12.9 Å². The molecule has 0 fully saturated rings. The highest BCUT2D eigenvalue weighted by atomic mass is 35.5. The number of benzene rings is 3. The molecule has 8 heteroatoms. The van der Waals surface area contributed by atoms with E-state index in [-0.39, 0.29) is 17.6 Å². The second-order valence-electron chi connectivity index (χ2n) is 7.17. The summed E-state index contributed by atoms with van der Waals surface area (Å²) >= 11 is 7.26. The number of rotatable bonds is 9. The van der Waals surface area contributed by atoms with Crippen molar-refractivity contribution in [2.24, 2.45) is 0 Å². The highest BCUT2D eigenvalue weighted by Gasteiger charge is 2.22. The van der Waals surface area contributed by atoms with Crippen molar-refractivity contribution in [3.05, 3.63) is 95.3 Å². The minimum absolute atomic E-state index is 0.0108. The highest BCUT2D eigenvalue weighted by molar-refractivity contribution is 7.99. The van der Waals surface area contributed by atoms with Crippen LogP contribution in [0.2, 0.25) is 5.02 Å². The Bertz CT molecular complexity index is 1210. The van der Waals surface area contributed by atoms with Crippen molar-refractivity contribution in [1.29, 1.82) is 0 Å². The van der Waals surface area contributed by atoms with E-state index in [2.05, 4.69) is 10.2 Å². The number of hydrogen-bond donors (Lipinski definition) is 0.